The topological polar surface area (TPSA) is 45.8 Å². The summed E-state index contributed by atoms with van der Waals surface area (Å²) in [5.74, 6) is 0. The zero-order chi connectivity index (χ0) is 11.5. The quantitative estimate of drug-likeness (QED) is 0.722. The van der Waals surface area contributed by atoms with Crippen molar-refractivity contribution in [1.29, 1.82) is 5.26 Å². The molecule has 3 nitrogen and oxygen atoms in total. The molecular weight excluding hydrogens is 200 g/mol. The van der Waals surface area contributed by atoms with Gasteiger partial charge in [0, 0.05) is 6.20 Å². The first-order chi connectivity index (χ1) is 7.74. The minimum Gasteiger partial charge on any atom is -0.283 e. The highest BCUT2D eigenvalue weighted by Gasteiger charge is 2.05. The Morgan fingerprint density at radius 1 is 1.19 bits per heavy atom. The molecule has 16 heavy (non-hydrogen) atoms. The van der Waals surface area contributed by atoms with Crippen molar-refractivity contribution in [2.45, 2.75) is 6.92 Å². The second kappa shape index (κ2) is 4.03. The summed E-state index contributed by atoms with van der Waals surface area (Å²) < 4.78 is 1.49. The molecule has 0 saturated heterocycles. The highest BCUT2D eigenvalue weighted by Crippen LogP contribution is 2.10. The van der Waals surface area contributed by atoms with Crippen LogP contribution in [0.3, 0.4) is 0 Å². The number of nitriles is 1. The molecule has 0 spiro atoms. The maximum Gasteiger partial charge on any atom is 0.272 e. The monoisotopic (exact) mass is 210 g/mol. The van der Waals surface area contributed by atoms with E-state index in [0.717, 1.165) is 11.3 Å². The summed E-state index contributed by atoms with van der Waals surface area (Å²) >= 11 is 0. The molecule has 0 radical (unpaired) electrons. The van der Waals surface area contributed by atoms with Gasteiger partial charge in [-0.3, -0.25) is 9.36 Å². The molecule has 0 aliphatic rings. The number of aryl methyl sites for hydroxylation is 1. The molecule has 2 rings (SSSR count). The van der Waals surface area contributed by atoms with E-state index in [1.165, 1.54) is 10.6 Å². The molecule has 0 amide bonds. The standard InChI is InChI=1S/C13H10N2O/c1-10-5-2-3-7-12(10)15-8-4-6-11(9-14)13(15)16/h2-8H,1H3. The summed E-state index contributed by atoms with van der Waals surface area (Å²) in [6.07, 6.45) is 1.67. The van der Waals surface area contributed by atoms with Gasteiger partial charge in [-0.05, 0) is 30.7 Å². The van der Waals surface area contributed by atoms with Gasteiger partial charge in [0.05, 0.1) is 5.69 Å². The van der Waals surface area contributed by atoms with Gasteiger partial charge >= 0.3 is 0 Å². The SMILES string of the molecule is Cc1ccccc1-n1cccc(C#N)c1=O. The number of rotatable bonds is 1. The van der Waals surface area contributed by atoms with Crippen LogP contribution in [0.5, 0.6) is 0 Å². The van der Waals surface area contributed by atoms with Gasteiger partial charge in [-0.1, -0.05) is 18.2 Å². The van der Waals surface area contributed by atoms with E-state index in [1.807, 2.05) is 37.3 Å². The van der Waals surface area contributed by atoms with Crippen LogP contribution in [0.2, 0.25) is 0 Å². The summed E-state index contributed by atoms with van der Waals surface area (Å²) in [6, 6.07) is 12.7. The molecular formula is C13H10N2O. The summed E-state index contributed by atoms with van der Waals surface area (Å²) in [7, 11) is 0. The first kappa shape index (κ1) is 10.2. The van der Waals surface area contributed by atoms with E-state index >= 15 is 0 Å². The number of aromatic nitrogens is 1. The number of pyridine rings is 1. The lowest BCUT2D eigenvalue weighted by Gasteiger charge is -2.08. The Morgan fingerprint density at radius 3 is 2.62 bits per heavy atom. The molecule has 2 aromatic rings. The van der Waals surface area contributed by atoms with Crippen LogP contribution in [0, 0.1) is 18.3 Å². The molecule has 0 fully saturated rings. The van der Waals surface area contributed by atoms with Crippen LogP contribution in [0.25, 0.3) is 5.69 Å². The highest BCUT2D eigenvalue weighted by atomic mass is 16.1. The lowest BCUT2D eigenvalue weighted by Crippen LogP contribution is -2.20. The highest BCUT2D eigenvalue weighted by molar-refractivity contribution is 5.41. The zero-order valence-electron chi connectivity index (χ0n) is 8.84. The largest absolute Gasteiger partial charge is 0.283 e. The van der Waals surface area contributed by atoms with Gasteiger partial charge < -0.3 is 0 Å². The number of para-hydroxylation sites is 1. The zero-order valence-corrected chi connectivity index (χ0v) is 8.84. The van der Waals surface area contributed by atoms with Crippen molar-refractivity contribution in [2.75, 3.05) is 0 Å². The van der Waals surface area contributed by atoms with Crippen molar-refractivity contribution in [3.8, 4) is 11.8 Å². The number of benzene rings is 1. The lowest BCUT2D eigenvalue weighted by molar-refractivity contribution is 0.970. The van der Waals surface area contributed by atoms with Crippen molar-refractivity contribution < 1.29 is 0 Å². The van der Waals surface area contributed by atoms with E-state index in [0.29, 0.717) is 0 Å². The van der Waals surface area contributed by atoms with Crippen LogP contribution < -0.4 is 5.56 Å². The fourth-order valence-electron chi connectivity index (χ4n) is 1.60. The van der Waals surface area contributed by atoms with E-state index < -0.39 is 0 Å². The molecule has 1 aromatic carbocycles. The third kappa shape index (κ3) is 1.61. The first-order valence-electron chi connectivity index (χ1n) is 4.92. The molecule has 0 saturated carbocycles. The lowest BCUT2D eigenvalue weighted by atomic mass is 10.2. The Kier molecular flexibility index (Phi) is 2.57. The first-order valence-corrected chi connectivity index (χ1v) is 4.92. The molecule has 0 aliphatic heterocycles. The van der Waals surface area contributed by atoms with Gasteiger partial charge in [-0.2, -0.15) is 5.26 Å². The van der Waals surface area contributed by atoms with Gasteiger partial charge in [-0.25, -0.2) is 0 Å². The van der Waals surface area contributed by atoms with Crippen molar-refractivity contribution in [3.05, 3.63) is 64.1 Å². The summed E-state index contributed by atoms with van der Waals surface area (Å²) in [6.45, 7) is 1.93. The normalized spacial score (nSPS) is 9.75. The Hall–Kier alpha value is -2.34. The minimum absolute atomic E-state index is 0.158. The van der Waals surface area contributed by atoms with E-state index in [-0.39, 0.29) is 11.1 Å². The van der Waals surface area contributed by atoms with Gasteiger partial charge in [0.25, 0.3) is 5.56 Å². The second-order valence-electron chi connectivity index (χ2n) is 3.50. The van der Waals surface area contributed by atoms with Gasteiger partial charge in [-0.15, -0.1) is 0 Å². The van der Waals surface area contributed by atoms with Crippen LogP contribution in [0.15, 0.2) is 47.4 Å². The number of nitrogens with zero attached hydrogens (tertiary/aromatic N) is 2. The fraction of sp³-hybridized carbons (Fsp3) is 0.0769. The Morgan fingerprint density at radius 2 is 1.94 bits per heavy atom. The number of hydrogen-bond acceptors (Lipinski definition) is 2. The van der Waals surface area contributed by atoms with Crippen molar-refractivity contribution in [2.24, 2.45) is 0 Å². The second-order valence-corrected chi connectivity index (χ2v) is 3.50. The summed E-state index contributed by atoms with van der Waals surface area (Å²) in [5.41, 5.74) is 1.69. The van der Waals surface area contributed by atoms with Crippen molar-refractivity contribution >= 4 is 0 Å². The predicted molar refractivity (Wildman–Crippen MR) is 61.5 cm³/mol. The van der Waals surface area contributed by atoms with E-state index in [1.54, 1.807) is 12.3 Å². The third-order valence-electron chi connectivity index (χ3n) is 2.44. The molecule has 3 heteroatoms. The Balaban J connectivity index is 2.72. The maximum absolute atomic E-state index is 11.9. The third-order valence-corrected chi connectivity index (χ3v) is 2.44. The molecule has 1 aromatic heterocycles. The molecule has 0 atom stereocenters. The van der Waals surface area contributed by atoms with Crippen LogP contribution >= 0.6 is 0 Å². The average molecular weight is 210 g/mol. The maximum atomic E-state index is 11.9. The van der Waals surface area contributed by atoms with Gasteiger partial charge in [0.15, 0.2) is 0 Å². The van der Waals surface area contributed by atoms with Crippen molar-refractivity contribution in [1.82, 2.24) is 4.57 Å². The van der Waals surface area contributed by atoms with Crippen molar-refractivity contribution in [3.63, 3.8) is 0 Å². The minimum atomic E-state index is -0.278. The molecule has 1 heterocycles. The van der Waals surface area contributed by atoms with Crippen LogP contribution in [-0.4, -0.2) is 4.57 Å². The van der Waals surface area contributed by atoms with Crippen LogP contribution in [-0.2, 0) is 0 Å². The molecule has 0 unspecified atom stereocenters. The molecule has 0 aliphatic carbocycles. The number of hydrogen-bond donors (Lipinski definition) is 0. The molecule has 78 valence electrons. The summed E-state index contributed by atoms with van der Waals surface area (Å²) in [4.78, 5) is 11.9. The fourth-order valence-corrected chi connectivity index (χ4v) is 1.60. The van der Waals surface area contributed by atoms with Crippen LogP contribution in [0.1, 0.15) is 11.1 Å². The predicted octanol–water partition coefficient (Wildman–Crippen LogP) is 2.02. The van der Waals surface area contributed by atoms with E-state index in [4.69, 9.17) is 5.26 Å². The van der Waals surface area contributed by atoms with E-state index in [2.05, 4.69) is 0 Å². The molecule has 0 N–H and O–H groups in total. The van der Waals surface area contributed by atoms with E-state index in [9.17, 15) is 4.79 Å². The summed E-state index contributed by atoms with van der Waals surface area (Å²) in [5, 5.41) is 8.80. The van der Waals surface area contributed by atoms with Gasteiger partial charge in [0.2, 0.25) is 0 Å². The smallest absolute Gasteiger partial charge is 0.272 e. The van der Waals surface area contributed by atoms with Gasteiger partial charge in [0.1, 0.15) is 11.6 Å². The Labute approximate surface area is 93.2 Å². The van der Waals surface area contributed by atoms with Crippen LogP contribution in [0.4, 0.5) is 0 Å². The Bertz CT molecular complexity index is 620. The molecule has 0 bridgehead atoms. The average Bonchev–Trinajstić information content (AvgIpc) is 2.31.